The number of anilines is 1. The number of hydrogen-bond donors (Lipinski definition) is 1. The Hall–Kier alpha value is -3.07. The molecule has 2 aromatic rings. The molecule has 0 bridgehead atoms. The monoisotopic (exact) mass is 619 g/mol. The van der Waals surface area contributed by atoms with E-state index in [1.165, 1.54) is 0 Å². The number of para-hydroxylation sites is 1. The Morgan fingerprint density at radius 1 is 0.930 bits per heavy atom. The molecule has 0 radical (unpaired) electrons. The van der Waals surface area contributed by atoms with Crippen LogP contribution in [0, 0.1) is 17.8 Å². The Morgan fingerprint density at radius 2 is 1.63 bits per heavy atom. The Morgan fingerprint density at radius 3 is 2.33 bits per heavy atom. The molecule has 226 valence electrons. The molecule has 1 spiro atoms. The van der Waals surface area contributed by atoms with Gasteiger partial charge in [0.05, 0.1) is 39.9 Å². The second kappa shape index (κ2) is 11.5. The second-order valence-corrected chi connectivity index (χ2v) is 14.8. The van der Waals surface area contributed by atoms with Crippen molar-refractivity contribution >= 4 is 46.8 Å². The lowest BCUT2D eigenvalue weighted by atomic mass is 9.74. The molecule has 6 atom stereocenters. The Kier molecular flexibility index (Phi) is 7.98. The molecule has 2 aromatic carbocycles. The van der Waals surface area contributed by atoms with Crippen molar-refractivity contribution in [3.8, 4) is 0 Å². The standard InChI is InChI=1S/C34H38ClN3O4S/c1-22(2)19-24(21-39)38-29-32(42)37(26-14-8-7-13-25(26)35)18-10-16-34(29)28(31(38)41)27-30(40)36(17-9-15-33(27,3)43-34)20-23-11-5-4-6-12-23/h4-16,22,24,27-29,39H,17-21H2,1-3H3/t24-,27+,28+,29?,33-,34+/m1/s1. The number of halogens is 1. The van der Waals surface area contributed by atoms with Crippen LogP contribution in [0.5, 0.6) is 0 Å². The number of benzene rings is 2. The first-order chi connectivity index (χ1) is 20.6. The van der Waals surface area contributed by atoms with E-state index in [1.807, 2.05) is 92.4 Å². The molecule has 9 heteroatoms. The zero-order chi connectivity index (χ0) is 30.5. The highest BCUT2D eigenvalue weighted by Crippen LogP contribution is 2.66. The van der Waals surface area contributed by atoms with Crippen LogP contribution < -0.4 is 4.90 Å². The second-order valence-electron chi connectivity index (χ2n) is 12.6. The molecule has 0 saturated carbocycles. The van der Waals surface area contributed by atoms with Gasteiger partial charge in [0.25, 0.3) is 5.91 Å². The van der Waals surface area contributed by atoms with Gasteiger partial charge in [-0.25, -0.2) is 0 Å². The van der Waals surface area contributed by atoms with E-state index in [4.69, 9.17) is 11.6 Å². The minimum atomic E-state index is -0.996. The molecule has 1 N–H and O–H groups in total. The number of nitrogens with zero attached hydrogens (tertiary/aromatic N) is 3. The van der Waals surface area contributed by atoms with Gasteiger partial charge >= 0.3 is 0 Å². The van der Waals surface area contributed by atoms with Crippen molar-refractivity contribution in [3.05, 3.63) is 89.5 Å². The lowest BCUT2D eigenvalue weighted by Crippen LogP contribution is -2.57. The highest BCUT2D eigenvalue weighted by Gasteiger charge is 2.74. The van der Waals surface area contributed by atoms with Crippen molar-refractivity contribution in [1.82, 2.24) is 9.80 Å². The lowest BCUT2D eigenvalue weighted by molar-refractivity contribution is -0.145. The van der Waals surface area contributed by atoms with Crippen molar-refractivity contribution in [2.24, 2.45) is 17.8 Å². The van der Waals surface area contributed by atoms with E-state index in [0.29, 0.717) is 30.2 Å². The highest BCUT2D eigenvalue weighted by atomic mass is 35.5. The van der Waals surface area contributed by atoms with E-state index in [0.717, 1.165) is 5.56 Å². The van der Waals surface area contributed by atoms with Crippen LogP contribution in [-0.4, -0.2) is 73.9 Å². The quantitative estimate of drug-likeness (QED) is 0.444. The molecule has 7 nitrogen and oxygen atoms in total. The summed E-state index contributed by atoms with van der Waals surface area (Å²) in [5, 5.41) is 11.1. The van der Waals surface area contributed by atoms with Gasteiger partial charge in [0, 0.05) is 24.4 Å². The summed E-state index contributed by atoms with van der Waals surface area (Å²) in [7, 11) is 0. The van der Waals surface area contributed by atoms with Gasteiger partial charge in [0.1, 0.15) is 6.04 Å². The number of hydrogen-bond acceptors (Lipinski definition) is 5. The fraction of sp³-hybridized carbons (Fsp3) is 0.441. The van der Waals surface area contributed by atoms with E-state index in [1.54, 1.807) is 27.6 Å². The molecule has 4 heterocycles. The zero-order valence-corrected chi connectivity index (χ0v) is 26.3. The molecule has 0 aliphatic carbocycles. The van der Waals surface area contributed by atoms with Crippen LogP contribution in [0.15, 0.2) is 78.9 Å². The average Bonchev–Trinajstić information content (AvgIpc) is 3.26. The minimum Gasteiger partial charge on any atom is -0.394 e. The van der Waals surface area contributed by atoms with E-state index < -0.39 is 33.4 Å². The summed E-state index contributed by atoms with van der Waals surface area (Å²) < 4.78 is -1.70. The summed E-state index contributed by atoms with van der Waals surface area (Å²) in [5.74, 6) is -1.85. The number of carbonyl (C=O) groups is 3. The van der Waals surface area contributed by atoms with Gasteiger partial charge in [0.2, 0.25) is 11.8 Å². The molecule has 43 heavy (non-hydrogen) atoms. The number of thioether (sulfide) groups is 1. The number of amides is 3. The van der Waals surface area contributed by atoms with Crippen LogP contribution in [0.3, 0.4) is 0 Å². The SMILES string of the molecule is CC(C)C[C@H](CO)N1C(=O)[C@@H]2[C@H]3C(=O)N(Cc4ccccc4)CC=C[C@@]3(C)S[C@@]23C=CCN(c2ccccc2Cl)C(=O)C13. The first kappa shape index (κ1) is 30.0. The molecule has 2 fully saturated rings. The van der Waals surface area contributed by atoms with Crippen molar-refractivity contribution in [2.45, 2.75) is 55.3 Å². The summed E-state index contributed by atoms with van der Waals surface area (Å²) in [5.41, 5.74) is 1.59. The van der Waals surface area contributed by atoms with Crippen LogP contribution in [0.2, 0.25) is 5.02 Å². The third kappa shape index (κ3) is 4.92. The summed E-state index contributed by atoms with van der Waals surface area (Å²) >= 11 is 8.14. The number of aliphatic hydroxyl groups is 1. The summed E-state index contributed by atoms with van der Waals surface area (Å²) in [6.45, 7) is 7.00. The first-order valence-electron chi connectivity index (χ1n) is 15.0. The predicted molar refractivity (Wildman–Crippen MR) is 171 cm³/mol. The molecule has 4 aliphatic heterocycles. The normalized spacial score (nSPS) is 30.8. The van der Waals surface area contributed by atoms with Crippen molar-refractivity contribution in [1.29, 1.82) is 0 Å². The summed E-state index contributed by atoms with van der Waals surface area (Å²) in [6, 6.07) is 15.6. The van der Waals surface area contributed by atoms with Gasteiger partial charge < -0.3 is 19.8 Å². The Balaban J connectivity index is 1.47. The fourth-order valence-corrected chi connectivity index (χ4v) is 9.94. The van der Waals surface area contributed by atoms with Crippen molar-refractivity contribution in [3.63, 3.8) is 0 Å². The van der Waals surface area contributed by atoms with Gasteiger partial charge in [-0.2, -0.15) is 0 Å². The number of aliphatic hydroxyl groups excluding tert-OH is 1. The van der Waals surface area contributed by atoms with Gasteiger partial charge in [-0.15, -0.1) is 11.8 Å². The predicted octanol–water partition coefficient (Wildman–Crippen LogP) is 4.94. The van der Waals surface area contributed by atoms with Crippen LogP contribution in [0.1, 0.15) is 32.8 Å². The molecule has 3 amide bonds. The fourth-order valence-electron chi connectivity index (χ4n) is 7.56. The molecule has 6 rings (SSSR count). The average molecular weight is 620 g/mol. The number of fused-ring (bicyclic) bond motifs is 2. The summed E-state index contributed by atoms with van der Waals surface area (Å²) in [6.07, 6.45) is 8.58. The highest BCUT2D eigenvalue weighted by molar-refractivity contribution is 8.02. The van der Waals surface area contributed by atoms with Gasteiger partial charge in [0.15, 0.2) is 0 Å². The van der Waals surface area contributed by atoms with E-state index in [-0.39, 0.29) is 36.8 Å². The van der Waals surface area contributed by atoms with E-state index in [9.17, 15) is 19.5 Å². The van der Waals surface area contributed by atoms with Crippen LogP contribution in [0.4, 0.5) is 5.69 Å². The van der Waals surface area contributed by atoms with Crippen LogP contribution in [-0.2, 0) is 20.9 Å². The first-order valence-corrected chi connectivity index (χ1v) is 16.2. The van der Waals surface area contributed by atoms with E-state index in [2.05, 4.69) is 6.08 Å². The molecule has 2 saturated heterocycles. The zero-order valence-electron chi connectivity index (χ0n) is 24.7. The molecular formula is C34H38ClN3O4S. The Labute approximate surface area is 262 Å². The largest absolute Gasteiger partial charge is 0.394 e. The maximum Gasteiger partial charge on any atom is 0.251 e. The van der Waals surface area contributed by atoms with Crippen LogP contribution >= 0.6 is 23.4 Å². The third-order valence-corrected chi connectivity index (χ3v) is 11.4. The van der Waals surface area contributed by atoms with Crippen molar-refractivity contribution in [2.75, 3.05) is 24.6 Å². The molecular weight excluding hydrogens is 582 g/mol. The smallest absolute Gasteiger partial charge is 0.251 e. The van der Waals surface area contributed by atoms with Gasteiger partial charge in [-0.05, 0) is 37.0 Å². The molecule has 0 aromatic heterocycles. The number of likely N-dealkylation sites (tertiary alicyclic amines) is 1. The topological polar surface area (TPSA) is 81.2 Å². The van der Waals surface area contributed by atoms with Gasteiger partial charge in [-0.1, -0.05) is 92.2 Å². The number of rotatable bonds is 7. The van der Waals surface area contributed by atoms with E-state index >= 15 is 0 Å². The van der Waals surface area contributed by atoms with Crippen LogP contribution in [0.25, 0.3) is 0 Å². The number of carbonyl (C=O) groups excluding carboxylic acids is 3. The van der Waals surface area contributed by atoms with Crippen molar-refractivity contribution < 1.29 is 19.5 Å². The molecule has 1 unspecified atom stereocenters. The lowest BCUT2D eigenvalue weighted by Gasteiger charge is -2.40. The Bertz CT molecular complexity index is 1480. The van der Waals surface area contributed by atoms with Gasteiger partial charge in [-0.3, -0.25) is 14.4 Å². The molecule has 4 aliphatic rings. The minimum absolute atomic E-state index is 0.0860. The third-order valence-electron chi connectivity index (χ3n) is 9.29. The summed E-state index contributed by atoms with van der Waals surface area (Å²) in [4.78, 5) is 49.2. The maximum atomic E-state index is 14.8. The maximum absolute atomic E-state index is 14.8.